The van der Waals surface area contributed by atoms with Crippen LogP contribution in [0.2, 0.25) is 0 Å². The fourth-order valence-electron chi connectivity index (χ4n) is 1.38. The normalized spacial score (nSPS) is 13.1. The van der Waals surface area contributed by atoms with Gasteiger partial charge in [0.25, 0.3) is 0 Å². The smallest absolute Gasteiger partial charge is 0.190 e. The Morgan fingerprint density at radius 1 is 0.929 bits per heavy atom. The van der Waals surface area contributed by atoms with Gasteiger partial charge in [-0.15, -0.1) is 0 Å². The molecule has 1 atom stereocenters. The van der Waals surface area contributed by atoms with Crippen LogP contribution >= 0.6 is 0 Å². The van der Waals surface area contributed by atoms with Gasteiger partial charge in [-0.05, 0) is 12.8 Å². The van der Waals surface area contributed by atoms with Gasteiger partial charge in [-0.1, -0.05) is 25.7 Å². The molecule has 0 rings (SSSR count). The molecule has 0 aliphatic heterocycles. The van der Waals surface area contributed by atoms with Gasteiger partial charge < -0.3 is 9.47 Å². The van der Waals surface area contributed by atoms with Crippen molar-refractivity contribution >= 4 is 0 Å². The summed E-state index contributed by atoms with van der Waals surface area (Å²) in [5.74, 6) is 0. The van der Waals surface area contributed by atoms with Gasteiger partial charge in [0.1, 0.15) is 0 Å². The molecule has 0 heterocycles. The van der Waals surface area contributed by atoms with Gasteiger partial charge in [0.2, 0.25) is 0 Å². The Bertz CT molecular complexity index is 107. The zero-order valence-electron chi connectivity index (χ0n) is 9.46. The maximum absolute atomic E-state index is 10.8. The molecule has 0 saturated heterocycles. The van der Waals surface area contributed by atoms with Crippen LogP contribution in [0.3, 0.4) is 0 Å². The average Bonchev–Trinajstić information content (AvgIpc) is 2.21. The minimum Gasteiger partial charge on any atom is -0.385 e. The second-order valence-electron chi connectivity index (χ2n) is 3.57. The summed E-state index contributed by atoms with van der Waals surface area (Å²) in [6.07, 6.45) is 6.83. The van der Waals surface area contributed by atoms with Gasteiger partial charge in [0.15, 0.2) is 6.29 Å². The predicted molar refractivity (Wildman–Crippen MR) is 55.7 cm³/mol. The third-order valence-electron chi connectivity index (χ3n) is 2.30. The predicted octanol–water partition coefficient (Wildman–Crippen LogP) is 2.77. The molecular formula is C11H23O3. The molecule has 0 aliphatic rings. The Morgan fingerprint density at radius 2 is 1.50 bits per heavy atom. The standard InChI is InChI=1S/C11H23O3/c1-13-10-8-6-4-3-5-7-9-11(12)14-2/h11H,3-10H2,1-2H3. The first kappa shape index (κ1) is 13.9. The van der Waals surface area contributed by atoms with Crippen molar-refractivity contribution in [2.24, 2.45) is 0 Å². The molecule has 3 nitrogen and oxygen atoms in total. The minimum atomic E-state index is -0.816. The van der Waals surface area contributed by atoms with Crippen LogP contribution in [0, 0.1) is 0 Å². The third-order valence-corrected chi connectivity index (χ3v) is 2.30. The van der Waals surface area contributed by atoms with Crippen molar-refractivity contribution in [3.63, 3.8) is 0 Å². The van der Waals surface area contributed by atoms with E-state index in [0.29, 0.717) is 6.42 Å². The highest BCUT2D eigenvalue weighted by molar-refractivity contribution is 4.47. The molecule has 1 unspecified atom stereocenters. The lowest BCUT2D eigenvalue weighted by Gasteiger charge is -2.05. The summed E-state index contributed by atoms with van der Waals surface area (Å²) in [6, 6.07) is 0. The molecule has 0 aromatic rings. The summed E-state index contributed by atoms with van der Waals surface area (Å²) in [6.45, 7) is 0.867. The van der Waals surface area contributed by atoms with Crippen molar-refractivity contribution in [1.29, 1.82) is 0 Å². The van der Waals surface area contributed by atoms with E-state index in [0.717, 1.165) is 25.9 Å². The van der Waals surface area contributed by atoms with Crippen LogP contribution in [0.15, 0.2) is 0 Å². The topological polar surface area (TPSA) is 38.4 Å². The summed E-state index contributed by atoms with van der Waals surface area (Å²) in [5.41, 5.74) is 0. The van der Waals surface area contributed by atoms with Gasteiger partial charge in [-0.25, -0.2) is 5.11 Å². The van der Waals surface area contributed by atoms with E-state index in [2.05, 4.69) is 4.74 Å². The van der Waals surface area contributed by atoms with E-state index < -0.39 is 6.29 Å². The van der Waals surface area contributed by atoms with E-state index in [-0.39, 0.29) is 0 Å². The quantitative estimate of drug-likeness (QED) is 0.404. The Kier molecular flexibility index (Phi) is 10.9. The van der Waals surface area contributed by atoms with Gasteiger partial charge in [0.05, 0.1) is 0 Å². The molecule has 0 aromatic heterocycles. The molecule has 0 spiro atoms. The zero-order chi connectivity index (χ0) is 10.6. The molecule has 0 aliphatic carbocycles. The van der Waals surface area contributed by atoms with Gasteiger partial charge in [-0.2, -0.15) is 0 Å². The fourth-order valence-corrected chi connectivity index (χ4v) is 1.38. The first-order valence-corrected chi connectivity index (χ1v) is 5.48. The maximum Gasteiger partial charge on any atom is 0.190 e. The first-order valence-electron chi connectivity index (χ1n) is 5.48. The molecule has 0 bridgehead atoms. The highest BCUT2D eigenvalue weighted by Gasteiger charge is 2.01. The van der Waals surface area contributed by atoms with Crippen LogP contribution in [-0.4, -0.2) is 27.1 Å². The van der Waals surface area contributed by atoms with Crippen LogP contribution in [0.1, 0.15) is 44.9 Å². The number of hydrogen-bond acceptors (Lipinski definition) is 2. The number of unbranched alkanes of at least 4 members (excludes halogenated alkanes) is 5. The van der Waals surface area contributed by atoms with Crippen LogP contribution in [0.4, 0.5) is 0 Å². The molecule has 3 heteroatoms. The summed E-state index contributed by atoms with van der Waals surface area (Å²) >= 11 is 0. The summed E-state index contributed by atoms with van der Waals surface area (Å²) < 4.78 is 9.60. The van der Waals surface area contributed by atoms with Crippen molar-refractivity contribution in [3.05, 3.63) is 0 Å². The SMILES string of the molecule is COCCCCCCCCC([O])OC. The van der Waals surface area contributed by atoms with Crippen LogP contribution < -0.4 is 0 Å². The second kappa shape index (κ2) is 11.0. The molecule has 14 heavy (non-hydrogen) atoms. The molecule has 0 N–H and O–H groups in total. The molecule has 85 valence electrons. The third kappa shape index (κ3) is 9.96. The number of methoxy groups -OCH3 is 2. The Hall–Kier alpha value is -0.120. The lowest BCUT2D eigenvalue weighted by molar-refractivity contribution is -0.123. The van der Waals surface area contributed by atoms with E-state index >= 15 is 0 Å². The summed E-state index contributed by atoms with van der Waals surface area (Å²) in [7, 11) is 3.21. The highest BCUT2D eigenvalue weighted by atomic mass is 16.6. The Morgan fingerprint density at radius 3 is 2.07 bits per heavy atom. The van der Waals surface area contributed by atoms with Crippen LogP contribution in [-0.2, 0) is 14.6 Å². The van der Waals surface area contributed by atoms with E-state index in [4.69, 9.17) is 4.74 Å². The second-order valence-corrected chi connectivity index (χ2v) is 3.57. The molecule has 0 fully saturated rings. The van der Waals surface area contributed by atoms with Crippen molar-refractivity contribution in [1.82, 2.24) is 0 Å². The largest absolute Gasteiger partial charge is 0.385 e. The van der Waals surface area contributed by atoms with Crippen molar-refractivity contribution in [3.8, 4) is 0 Å². The molecule has 0 aromatic carbocycles. The van der Waals surface area contributed by atoms with Crippen LogP contribution in [0.25, 0.3) is 0 Å². The Balaban J connectivity index is 2.92. The fraction of sp³-hybridized carbons (Fsp3) is 1.00. The van der Waals surface area contributed by atoms with Gasteiger partial charge in [0, 0.05) is 27.2 Å². The van der Waals surface area contributed by atoms with E-state index in [1.165, 1.54) is 26.4 Å². The highest BCUT2D eigenvalue weighted by Crippen LogP contribution is 2.09. The molecule has 0 saturated carbocycles. The van der Waals surface area contributed by atoms with E-state index in [1.807, 2.05) is 0 Å². The monoisotopic (exact) mass is 203 g/mol. The number of hydrogen-bond donors (Lipinski definition) is 0. The molecule has 0 amide bonds. The average molecular weight is 203 g/mol. The maximum atomic E-state index is 10.8. The molecule has 1 radical (unpaired) electrons. The number of rotatable bonds is 10. The van der Waals surface area contributed by atoms with Crippen molar-refractivity contribution in [2.45, 2.75) is 51.2 Å². The first-order chi connectivity index (χ1) is 6.81. The van der Waals surface area contributed by atoms with E-state index in [9.17, 15) is 5.11 Å². The van der Waals surface area contributed by atoms with Gasteiger partial charge >= 0.3 is 0 Å². The summed E-state index contributed by atoms with van der Waals surface area (Å²) in [5, 5.41) is 10.8. The lowest BCUT2D eigenvalue weighted by atomic mass is 10.1. The Labute approximate surface area is 87.4 Å². The summed E-state index contributed by atoms with van der Waals surface area (Å²) in [4.78, 5) is 0. The van der Waals surface area contributed by atoms with Crippen molar-refractivity contribution in [2.75, 3.05) is 20.8 Å². The van der Waals surface area contributed by atoms with Gasteiger partial charge in [-0.3, -0.25) is 0 Å². The van der Waals surface area contributed by atoms with Crippen LogP contribution in [0.5, 0.6) is 0 Å². The minimum absolute atomic E-state index is 0.647. The lowest BCUT2D eigenvalue weighted by Crippen LogP contribution is -2.05. The van der Waals surface area contributed by atoms with E-state index in [1.54, 1.807) is 7.11 Å². The number of ether oxygens (including phenoxy) is 2. The van der Waals surface area contributed by atoms with Crippen molar-refractivity contribution < 1.29 is 14.6 Å². The molecular weight excluding hydrogens is 180 g/mol. The zero-order valence-corrected chi connectivity index (χ0v) is 9.46.